The summed E-state index contributed by atoms with van der Waals surface area (Å²) in [6.45, 7) is 1.98. The number of hydrogen-bond donors (Lipinski definition) is 1. The Labute approximate surface area is 148 Å². The van der Waals surface area contributed by atoms with Crippen molar-refractivity contribution >= 4 is 44.8 Å². The van der Waals surface area contributed by atoms with Crippen LogP contribution in [0.25, 0.3) is 0 Å². The van der Waals surface area contributed by atoms with Crippen LogP contribution in [0.15, 0.2) is 40.2 Å². The number of thiophene rings is 1. The highest BCUT2D eigenvalue weighted by Crippen LogP contribution is 2.20. The lowest BCUT2D eigenvalue weighted by atomic mass is 10.2. The summed E-state index contributed by atoms with van der Waals surface area (Å²) in [4.78, 5) is 26.8. The molecule has 0 saturated carbocycles. The number of nitrogens with one attached hydrogen (secondary N) is 1. The topological polar surface area (TPSA) is 49.4 Å². The van der Waals surface area contributed by atoms with Gasteiger partial charge in [0, 0.05) is 28.5 Å². The molecule has 2 aromatic rings. The van der Waals surface area contributed by atoms with Crippen molar-refractivity contribution in [3.63, 3.8) is 0 Å². The summed E-state index contributed by atoms with van der Waals surface area (Å²) in [7, 11) is 1.66. The van der Waals surface area contributed by atoms with Gasteiger partial charge in [-0.2, -0.15) is 0 Å². The Kier molecular flexibility index (Phi) is 6.36. The Morgan fingerprint density at radius 1 is 1.30 bits per heavy atom. The van der Waals surface area contributed by atoms with Crippen LogP contribution in [0, 0.1) is 6.92 Å². The number of carbonyl (C=O) groups is 2. The molecule has 0 aliphatic rings. The van der Waals surface area contributed by atoms with Crippen LogP contribution in [0.3, 0.4) is 0 Å². The molecule has 0 unspecified atom stereocenters. The third-order valence-electron chi connectivity index (χ3n) is 3.43. The summed E-state index contributed by atoms with van der Waals surface area (Å²) in [6, 6.07) is 9.64. The Morgan fingerprint density at radius 2 is 2.09 bits per heavy atom. The van der Waals surface area contributed by atoms with Crippen LogP contribution in [0.5, 0.6) is 0 Å². The second kappa shape index (κ2) is 8.26. The molecule has 2 rings (SSSR count). The van der Waals surface area contributed by atoms with Crippen molar-refractivity contribution in [3.8, 4) is 0 Å². The summed E-state index contributed by atoms with van der Waals surface area (Å²) < 4.78 is 0.967. The predicted molar refractivity (Wildman–Crippen MR) is 97.8 cm³/mol. The summed E-state index contributed by atoms with van der Waals surface area (Å²) in [6.07, 6.45) is 1.13. The zero-order chi connectivity index (χ0) is 16.8. The first kappa shape index (κ1) is 17.7. The van der Waals surface area contributed by atoms with Gasteiger partial charge in [-0.05, 0) is 48.6 Å². The lowest BCUT2D eigenvalue weighted by molar-refractivity contribution is -0.133. The van der Waals surface area contributed by atoms with Gasteiger partial charge >= 0.3 is 0 Å². The van der Waals surface area contributed by atoms with E-state index in [0.717, 1.165) is 15.7 Å². The van der Waals surface area contributed by atoms with Crippen LogP contribution in [-0.2, 0) is 16.0 Å². The minimum absolute atomic E-state index is 0.0268. The molecule has 1 heterocycles. The third kappa shape index (κ3) is 5.48. The number of rotatable bonds is 6. The molecule has 0 saturated heterocycles. The molecule has 1 aromatic heterocycles. The largest absolute Gasteiger partial charge is 0.336 e. The Morgan fingerprint density at radius 3 is 2.74 bits per heavy atom. The first-order chi connectivity index (χ1) is 11.0. The highest BCUT2D eigenvalue weighted by molar-refractivity contribution is 9.10. The van der Waals surface area contributed by atoms with E-state index >= 15 is 0 Å². The molecular formula is C17H19BrN2O2S. The molecule has 122 valence electrons. The van der Waals surface area contributed by atoms with Crippen molar-refractivity contribution < 1.29 is 9.59 Å². The fraction of sp³-hybridized carbons (Fsp3) is 0.294. The standard InChI is InChI=1S/C17H19BrN2O2S/c1-12-10-13(18)5-7-15(12)19-16(21)11-20(2)17(22)8-6-14-4-3-9-23-14/h3-5,7,9-10H,6,8,11H2,1-2H3,(H,19,21). The number of carbonyl (C=O) groups excluding carboxylic acids is 2. The van der Waals surface area contributed by atoms with E-state index in [9.17, 15) is 9.59 Å². The van der Waals surface area contributed by atoms with E-state index < -0.39 is 0 Å². The predicted octanol–water partition coefficient (Wildman–Crippen LogP) is 3.85. The molecule has 4 nitrogen and oxygen atoms in total. The lowest BCUT2D eigenvalue weighted by Crippen LogP contribution is -2.35. The number of aryl methyl sites for hydroxylation is 2. The first-order valence-corrected chi connectivity index (χ1v) is 8.95. The number of hydrogen-bond acceptors (Lipinski definition) is 3. The van der Waals surface area contributed by atoms with Crippen molar-refractivity contribution in [2.45, 2.75) is 19.8 Å². The van der Waals surface area contributed by atoms with Gasteiger partial charge in [0.05, 0.1) is 6.54 Å². The average Bonchev–Trinajstić information content (AvgIpc) is 3.01. The lowest BCUT2D eigenvalue weighted by Gasteiger charge is -2.17. The molecule has 0 atom stereocenters. The molecular weight excluding hydrogens is 376 g/mol. The molecule has 2 amide bonds. The molecule has 23 heavy (non-hydrogen) atoms. The Bertz CT molecular complexity index is 686. The maximum absolute atomic E-state index is 12.1. The zero-order valence-corrected chi connectivity index (χ0v) is 15.5. The normalized spacial score (nSPS) is 10.4. The number of anilines is 1. The molecule has 0 radical (unpaired) electrons. The van der Waals surface area contributed by atoms with E-state index in [-0.39, 0.29) is 18.4 Å². The van der Waals surface area contributed by atoms with E-state index in [1.54, 1.807) is 18.4 Å². The van der Waals surface area contributed by atoms with E-state index in [1.807, 2.05) is 42.6 Å². The molecule has 0 bridgehead atoms. The van der Waals surface area contributed by atoms with Crippen LogP contribution in [0.1, 0.15) is 16.9 Å². The molecule has 0 spiro atoms. The van der Waals surface area contributed by atoms with Gasteiger partial charge in [0.2, 0.25) is 11.8 Å². The molecule has 0 aliphatic heterocycles. The van der Waals surface area contributed by atoms with Gasteiger partial charge < -0.3 is 10.2 Å². The van der Waals surface area contributed by atoms with E-state index in [0.29, 0.717) is 12.8 Å². The number of benzene rings is 1. The number of amides is 2. The van der Waals surface area contributed by atoms with Crippen LogP contribution in [0.4, 0.5) is 5.69 Å². The van der Waals surface area contributed by atoms with Gasteiger partial charge in [0.1, 0.15) is 0 Å². The van der Waals surface area contributed by atoms with Crippen molar-refractivity contribution in [3.05, 3.63) is 50.6 Å². The minimum atomic E-state index is -0.192. The van der Waals surface area contributed by atoms with Crippen molar-refractivity contribution in [2.24, 2.45) is 0 Å². The fourth-order valence-corrected chi connectivity index (χ4v) is 3.32. The summed E-state index contributed by atoms with van der Waals surface area (Å²) >= 11 is 5.03. The van der Waals surface area contributed by atoms with Crippen LogP contribution < -0.4 is 5.32 Å². The molecule has 6 heteroatoms. The number of likely N-dealkylation sites (N-methyl/N-ethyl adjacent to an activating group) is 1. The van der Waals surface area contributed by atoms with Gasteiger partial charge in [0.25, 0.3) is 0 Å². The average molecular weight is 395 g/mol. The highest BCUT2D eigenvalue weighted by Gasteiger charge is 2.14. The van der Waals surface area contributed by atoms with Crippen LogP contribution >= 0.6 is 27.3 Å². The number of halogens is 1. The van der Waals surface area contributed by atoms with Gasteiger partial charge in [-0.1, -0.05) is 22.0 Å². The molecule has 1 aromatic carbocycles. The Balaban J connectivity index is 1.82. The van der Waals surface area contributed by atoms with Crippen LogP contribution in [-0.4, -0.2) is 30.3 Å². The van der Waals surface area contributed by atoms with Crippen LogP contribution in [0.2, 0.25) is 0 Å². The fourth-order valence-electron chi connectivity index (χ4n) is 2.14. The second-order valence-corrected chi connectivity index (χ2v) is 7.28. The summed E-state index contributed by atoms with van der Waals surface area (Å²) in [5, 5.41) is 4.84. The monoisotopic (exact) mass is 394 g/mol. The molecule has 0 fully saturated rings. The third-order valence-corrected chi connectivity index (χ3v) is 4.86. The van der Waals surface area contributed by atoms with E-state index in [2.05, 4.69) is 21.2 Å². The second-order valence-electron chi connectivity index (χ2n) is 5.34. The minimum Gasteiger partial charge on any atom is -0.336 e. The zero-order valence-electron chi connectivity index (χ0n) is 13.1. The van der Waals surface area contributed by atoms with E-state index in [1.165, 1.54) is 9.78 Å². The maximum Gasteiger partial charge on any atom is 0.243 e. The molecule has 1 N–H and O–H groups in total. The summed E-state index contributed by atoms with van der Waals surface area (Å²) in [5.74, 6) is -0.219. The van der Waals surface area contributed by atoms with Gasteiger partial charge in [-0.25, -0.2) is 0 Å². The van der Waals surface area contributed by atoms with Gasteiger partial charge in [-0.3, -0.25) is 9.59 Å². The first-order valence-electron chi connectivity index (χ1n) is 7.28. The SMILES string of the molecule is Cc1cc(Br)ccc1NC(=O)CN(C)C(=O)CCc1cccs1. The van der Waals surface area contributed by atoms with Crippen molar-refractivity contribution in [1.82, 2.24) is 4.90 Å². The van der Waals surface area contributed by atoms with Crippen molar-refractivity contribution in [1.29, 1.82) is 0 Å². The molecule has 0 aliphatic carbocycles. The summed E-state index contributed by atoms with van der Waals surface area (Å²) in [5.41, 5.74) is 1.73. The quantitative estimate of drug-likeness (QED) is 0.808. The smallest absolute Gasteiger partial charge is 0.243 e. The Hall–Kier alpha value is -1.66. The maximum atomic E-state index is 12.1. The van der Waals surface area contributed by atoms with Gasteiger partial charge in [-0.15, -0.1) is 11.3 Å². The van der Waals surface area contributed by atoms with Crippen molar-refractivity contribution in [2.75, 3.05) is 18.9 Å². The van der Waals surface area contributed by atoms with Gasteiger partial charge in [0.15, 0.2) is 0 Å². The number of nitrogens with zero attached hydrogens (tertiary/aromatic N) is 1. The van der Waals surface area contributed by atoms with E-state index in [4.69, 9.17) is 0 Å². The highest BCUT2D eigenvalue weighted by atomic mass is 79.9.